The van der Waals surface area contributed by atoms with Crippen LogP contribution in [0.5, 0.6) is 0 Å². The van der Waals surface area contributed by atoms with Crippen LogP contribution < -0.4 is 11.1 Å². The first-order chi connectivity index (χ1) is 9.16. The summed E-state index contributed by atoms with van der Waals surface area (Å²) >= 11 is 5.90. The highest BCUT2D eigenvalue weighted by atomic mass is 35.5. The Morgan fingerprint density at radius 1 is 1.42 bits per heavy atom. The van der Waals surface area contributed by atoms with Gasteiger partial charge in [-0.2, -0.15) is 0 Å². The third-order valence-electron chi connectivity index (χ3n) is 2.54. The van der Waals surface area contributed by atoms with Gasteiger partial charge < -0.3 is 11.1 Å². The van der Waals surface area contributed by atoms with Crippen LogP contribution >= 0.6 is 11.6 Å². The molecule has 0 unspecified atom stereocenters. The van der Waals surface area contributed by atoms with Crippen molar-refractivity contribution in [2.24, 2.45) is 0 Å². The molecule has 3 N–H and O–H groups in total. The van der Waals surface area contributed by atoms with Crippen molar-refractivity contribution >= 4 is 23.3 Å². The molecular formula is C13H13ClN4O. The number of nitrogens with zero attached hydrogens (tertiary/aromatic N) is 2. The van der Waals surface area contributed by atoms with Crippen LogP contribution in [0.15, 0.2) is 36.8 Å². The Hall–Kier alpha value is -2.14. The molecule has 2 aromatic rings. The number of rotatable bonds is 4. The van der Waals surface area contributed by atoms with Crippen LogP contribution in [0.3, 0.4) is 0 Å². The Morgan fingerprint density at radius 2 is 2.26 bits per heavy atom. The molecule has 2 aromatic heterocycles. The molecule has 0 aliphatic carbocycles. The van der Waals surface area contributed by atoms with Crippen molar-refractivity contribution in [3.05, 3.63) is 52.9 Å². The van der Waals surface area contributed by atoms with Crippen LogP contribution in [0.25, 0.3) is 0 Å². The summed E-state index contributed by atoms with van der Waals surface area (Å²) in [7, 11) is 0. The number of hydrogen-bond donors (Lipinski definition) is 2. The van der Waals surface area contributed by atoms with Crippen molar-refractivity contribution in [2.45, 2.75) is 6.42 Å². The van der Waals surface area contributed by atoms with Crippen molar-refractivity contribution in [2.75, 3.05) is 12.3 Å². The number of nitrogens with two attached hydrogens (primary N) is 1. The summed E-state index contributed by atoms with van der Waals surface area (Å²) < 4.78 is 0. The third kappa shape index (κ3) is 3.66. The lowest BCUT2D eigenvalue weighted by molar-refractivity contribution is 0.0954. The standard InChI is InChI=1S/C13H13ClN4O/c14-11-8-18-12(15)6-10(11)13(19)17-5-3-9-2-1-4-16-7-9/h1-2,4,6-8H,3,5H2,(H2,15,18)(H,17,19). The fourth-order valence-corrected chi connectivity index (χ4v) is 1.78. The summed E-state index contributed by atoms with van der Waals surface area (Å²) in [6, 6.07) is 5.27. The summed E-state index contributed by atoms with van der Waals surface area (Å²) in [5.41, 5.74) is 6.92. The highest BCUT2D eigenvalue weighted by Gasteiger charge is 2.10. The molecule has 0 saturated heterocycles. The summed E-state index contributed by atoms with van der Waals surface area (Å²) in [5.74, 6) is 0.00444. The minimum absolute atomic E-state index is 0.261. The fourth-order valence-electron chi connectivity index (χ4n) is 1.59. The van der Waals surface area contributed by atoms with Gasteiger partial charge in [-0.3, -0.25) is 9.78 Å². The molecule has 19 heavy (non-hydrogen) atoms. The molecular weight excluding hydrogens is 264 g/mol. The van der Waals surface area contributed by atoms with Crippen molar-refractivity contribution in [3.63, 3.8) is 0 Å². The number of anilines is 1. The van der Waals surface area contributed by atoms with Crippen LogP contribution in [0.4, 0.5) is 5.82 Å². The number of carbonyl (C=O) groups excluding carboxylic acids is 1. The van der Waals surface area contributed by atoms with Crippen molar-refractivity contribution < 1.29 is 4.79 Å². The molecule has 0 atom stereocenters. The maximum atomic E-state index is 11.9. The number of halogens is 1. The van der Waals surface area contributed by atoms with E-state index in [9.17, 15) is 4.79 Å². The molecule has 2 rings (SSSR count). The predicted molar refractivity (Wildman–Crippen MR) is 73.9 cm³/mol. The number of nitrogen functional groups attached to an aromatic ring is 1. The molecule has 0 radical (unpaired) electrons. The van der Waals surface area contributed by atoms with Gasteiger partial charge in [-0.15, -0.1) is 0 Å². The fraction of sp³-hybridized carbons (Fsp3) is 0.154. The van der Waals surface area contributed by atoms with E-state index in [1.54, 1.807) is 12.4 Å². The molecule has 0 bridgehead atoms. The summed E-state index contributed by atoms with van der Waals surface area (Å²) in [6.45, 7) is 0.503. The molecule has 0 saturated carbocycles. The molecule has 0 spiro atoms. The molecule has 0 aromatic carbocycles. The van der Waals surface area contributed by atoms with E-state index >= 15 is 0 Å². The monoisotopic (exact) mass is 276 g/mol. The lowest BCUT2D eigenvalue weighted by Crippen LogP contribution is -2.26. The molecule has 0 aliphatic rings. The van der Waals surface area contributed by atoms with Gasteiger partial charge in [0, 0.05) is 25.1 Å². The number of carbonyl (C=O) groups is 1. The second kappa shape index (κ2) is 6.15. The van der Waals surface area contributed by atoms with Gasteiger partial charge in [-0.05, 0) is 24.1 Å². The third-order valence-corrected chi connectivity index (χ3v) is 2.84. The molecule has 0 fully saturated rings. The maximum absolute atomic E-state index is 11.9. The predicted octanol–water partition coefficient (Wildman–Crippen LogP) is 1.68. The smallest absolute Gasteiger partial charge is 0.253 e. The minimum Gasteiger partial charge on any atom is -0.384 e. The van der Waals surface area contributed by atoms with Gasteiger partial charge >= 0.3 is 0 Å². The number of aromatic nitrogens is 2. The van der Waals surface area contributed by atoms with Gasteiger partial charge in [0.25, 0.3) is 5.91 Å². The van der Waals surface area contributed by atoms with Gasteiger partial charge in [0.2, 0.25) is 0 Å². The zero-order valence-electron chi connectivity index (χ0n) is 10.1. The lowest BCUT2D eigenvalue weighted by atomic mass is 10.2. The van der Waals surface area contributed by atoms with Gasteiger partial charge in [0.15, 0.2) is 0 Å². The molecule has 6 heteroatoms. The normalized spacial score (nSPS) is 10.2. The summed E-state index contributed by atoms with van der Waals surface area (Å²) in [5, 5.41) is 3.07. The highest BCUT2D eigenvalue weighted by Crippen LogP contribution is 2.16. The Morgan fingerprint density at radius 3 is 3.00 bits per heavy atom. The molecule has 2 heterocycles. The van der Waals surface area contributed by atoms with E-state index in [1.807, 2.05) is 12.1 Å². The Balaban J connectivity index is 1.93. The van der Waals surface area contributed by atoms with Crippen LogP contribution in [0.1, 0.15) is 15.9 Å². The van der Waals surface area contributed by atoms with E-state index in [0.717, 1.165) is 5.56 Å². The van der Waals surface area contributed by atoms with Gasteiger partial charge in [-0.1, -0.05) is 17.7 Å². The largest absolute Gasteiger partial charge is 0.384 e. The van der Waals surface area contributed by atoms with Crippen LogP contribution in [0, 0.1) is 0 Å². The SMILES string of the molecule is Nc1cc(C(=O)NCCc2cccnc2)c(Cl)cn1. The van der Waals surface area contributed by atoms with Gasteiger partial charge in [0.05, 0.1) is 10.6 Å². The average Bonchev–Trinajstić information content (AvgIpc) is 2.42. The van der Waals surface area contributed by atoms with Crippen LogP contribution in [-0.4, -0.2) is 22.4 Å². The minimum atomic E-state index is -0.261. The van der Waals surface area contributed by atoms with E-state index in [0.29, 0.717) is 18.5 Å². The topological polar surface area (TPSA) is 80.9 Å². The maximum Gasteiger partial charge on any atom is 0.253 e. The second-order valence-electron chi connectivity index (χ2n) is 3.96. The number of pyridine rings is 2. The Bertz CT molecular complexity index is 574. The molecule has 98 valence electrons. The van der Waals surface area contributed by atoms with Crippen LogP contribution in [-0.2, 0) is 6.42 Å². The molecule has 0 aliphatic heterocycles. The van der Waals surface area contributed by atoms with Crippen molar-refractivity contribution in [1.82, 2.24) is 15.3 Å². The average molecular weight is 277 g/mol. The van der Waals surface area contributed by atoms with Gasteiger partial charge in [0.1, 0.15) is 5.82 Å². The van der Waals surface area contributed by atoms with Gasteiger partial charge in [-0.25, -0.2) is 4.98 Å². The number of nitrogens with one attached hydrogen (secondary N) is 1. The Kier molecular flexibility index (Phi) is 4.30. The highest BCUT2D eigenvalue weighted by molar-refractivity contribution is 6.33. The van der Waals surface area contributed by atoms with Crippen molar-refractivity contribution in [3.8, 4) is 0 Å². The van der Waals surface area contributed by atoms with E-state index in [1.165, 1.54) is 12.3 Å². The Labute approximate surface area is 115 Å². The van der Waals surface area contributed by atoms with Crippen molar-refractivity contribution in [1.29, 1.82) is 0 Å². The zero-order valence-corrected chi connectivity index (χ0v) is 10.9. The second-order valence-corrected chi connectivity index (χ2v) is 4.36. The molecule has 5 nitrogen and oxygen atoms in total. The molecule has 1 amide bonds. The lowest BCUT2D eigenvalue weighted by Gasteiger charge is -2.07. The van der Waals surface area contributed by atoms with E-state index in [4.69, 9.17) is 17.3 Å². The quantitative estimate of drug-likeness (QED) is 0.890. The van der Waals surface area contributed by atoms with E-state index in [-0.39, 0.29) is 16.7 Å². The zero-order chi connectivity index (χ0) is 13.7. The number of amides is 1. The summed E-state index contributed by atoms with van der Waals surface area (Å²) in [6.07, 6.45) is 5.55. The first-order valence-corrected chi connectivity index (χ1v) is 6.13. The van der Waals surface area contributed by atoms with Crippen LogP contribution in [0.2, 0.25) is 5.02 Å². The first-order valence-electron chi connectivity index (χ1n) is 5.75. The summed E-state index contributed by atoms with van der Waals surface area (Å²) in [4.78, 5) is 19.7. The van der Waals surface area contributed by atoms with E-state index < -0.39 is 0 Å². The number of hydrogen-bond acceptors (Lipinski definition) is 4. The van der Waals surface area contributed by atoms with E-state index in [2.05, 4.69) is 15.3 Å². The first kappa shape index (κ1) is 13.3.